The van der Waals surface area contributed by atoms with Gasteiger partial charge in [0.2, 0.25) is 0 Å². The van der Waals surface area contributed by atoms with Gasteiger partial charge in [-0.1, -0.05) is 28.1 Å². The molecular weight excluding hydrogens is 410 g/mol. The molecule has 0 unspecified atom stereocenters. The molecule has 4 nitrogen and oxygen atoms in total. The maximum absolute atomic E-state index is 12.6. The van der Waals surface area contributed by atoms with E-state index < -0.39 is 5.91 Å². The number of anilines is 1. The summed E-state index contributed by atoms with van der Waals surface area (Å²) in [4.78, 5) is 13.7. The van der Waals surface area contributed by atoms with Gasteiger partial charge in [-0.3, -0.25) is 4.79 Å². The first-order valence-corrected chi connectivity index (χ1v) is 9.88. The molecule has 1 aliphatic carbocycles. The van der Waals surface area contributed by atoms with E-state index in [0.29, 0.717) is 10.6 Å². The van der Waals surface area contributed by atoms with Gasteiger partial charge in [-0.15, -0.1) is 11.3 Å². The van der Waals surface area contributed by atoms with E-state index in [-0.39, 0.29) is 5.57 Å². The number of amides is 1. The second-order valence-corrected chi connectivity index (χ2v) is 8.12. The average Bonchev–Trinajstić information content (AvgIpc) is 2.99. The first-order chi connectivity index (χ1) is 12.5. The van der Waals surface area contributed by atoms with Crippen molar-refractivity contribution in [2.75, 3.05) is 5.32 Å². The molecule has 0 saturated carbocycles. The van der Waals surface area contributed by atoms with Gasteiger partial charge in [0.15, 0.2) is 0 Å². The van der Waals surface area contributed by atoms with Crippen LogP contribution in [0.15, 0.2) is 28.2 Å². The Bertz CT molecular complexity index is 992. The Labute approximate surface area is 164 Å². The van der Waals surface area contributed by atoms with Crippen molar-refractivity contribution in [1.82, 2.24) is 0 Å². The molecule has 0 fully saturated rings. The van der Waals surface area contributed by atoms with E-state index in [4.69, 9.17) is 0 Å². The van der Waals surface area contributed by atoms with Crippen molar-refractivity contribution < 1.29 is 4.79 Å². The summed E-state index contributed by atoms with van der Waals surface area (Å²) in [6, 6.07) is 9.82. The first-order valence-electron chi connectivity index (χ1n) is 8.27. The van der Waals surface area contributed by atoms with Crippen LogP contribution in [-0.2, 0) is 17.6 Å². The van der Waals surface area contributed by atoms with Gasteiger partial charge in [0.1, 0.15) is 22.7 Å². The predicted molar refractivity (Wildman–Crippen MR) is 107 cm³/mol. The minimum Gasteiger partial charge on any atom is -0.312 e. The Kier molecular flexibility index (Phi) is 5.56. The van der Waals surface area contributed by atoms with Gasteiger partial charge in [-0.2, -0.15) is 10.5 Å². The van der Waals surface area contributed by atoms with Gasteiger partial charge >= 0.3 is 0 Å². The van der Waals surface area contributed by atoms with Crippen LogP contribution in [0.1, 0.15) is 40.0 Å². The molecule has 1 aromatic carbocycles. The number of thiophene rings is 1. The lowest BCUT2D eigenvalue weighted by atomic mass is 9.96. The molecule has 0 saturated heterocycles. The number of aryl methyl sites for hydroxylation is 2. The van der Waals surface area contributed by atoms with Crippen molar-refractivity contribution in [2.24, 2.45) is 0 Å². The summed E-state index contributed by atoms with van der Waals surface area (Å²) in [6.45, 7) is 1.97. The normalized spacial score (nSPS) is 13.5. The van der Waals surface area contributed by atoms with Gasteiger partial charge in [0.25, 0.3) is 5.91 Å². The number of halogens is 1. The maximum Gasteiger partial charge on any atom is 0.266 e. The van der Waals surface area contributed by atoms with Gasteiger partial charge < -0.3 is 5.32 Å². The van der Waals surface area contributed by atoms with E-state index in [1.165, 1.54) is 16.2 Å². The number of carbonyl (C=O) groups excluding carboxylic acids is 1. The Morgan fingerprint density at radius 2 is 2.08 bits per heavy atom. The highest BCUT2D eigenvalue weighted by atomic mass is 79.9. The first kappa shape index (κ1) is 18.4. The second-order valence-electron chi connectivity index (χ2n) is 6.16. The number of fused-ring (bicyclic) bond motifs is 1. The Balaban J connectivity index is 1.88. The zero-order valence-electron chi connectivity index (χ0n) is 14.2. The molecule has 2 aromatic rings. The number of rotatable bonds is 3. The van der Waals surface area contributed by atoms with Gasteiger partial charge in [-0.25, -0.2) is 0 Å². The molecule has 0 bridgehead atoms. The largest absolute Gasteiger partial charge is 0.312 e. The molecule has 1 N–H and O–H groups in total. The van der Waals surface area contributed by atoms with E-state index in [9.17, 15) is 15.3 Å². The number of nitriles is 2. The van der Waals surface area contributed by atoms with E-state index >= 15 is 0 Å². The summed E-state index contributed by atoms with van der Waals surface area (Å²) in [5, 5.41) is 22.2. The van der Waals surface area contributed by atoms with Crippen molar-refractivity contribution in [1.29, 1.82) is 10.5 Å². The molecule has 3 rings (SSSR count). The highest BCUT2D eigenvalue weighted by Gasteiger charge is 2.22. The molecule has 26 heavy (non-hydrogen) atoms. The molecule has 0 atom stereocenters. The summed E-state index contributed by atoms with van der Waals surface area (Å²) >= 11 is 4.91. The van der Waals surface area contributed by atoms with E-state index in [1.807, 2.05) is 31.2 Å². The number of benzene rings is 1. The molecule has 0 spiro atoms. The summed E-state index contributed by atoms with van der Waals surface area (Å²) in [6.07, 6.45) is 5.56. The van der Waals surface area contributed by atoms with Crippen molar-refractivity contribution in [2.45, 2.75) is 32.6 Å². The molecule has 1 heterocycles. The average molecular weight is 426 g/mol. The standard InChI is InChI=1S/C20H16BrN3OS/c1-12-6-7-13(9-17(12)21)8-14(10-22)19(25)24-20-16(11-23)15-4-2-3-5-18(15)26-20/h6-9H,2-5H2,1H3,(H,24,25)/b14-8+. The van der Waals surface area contributed by atoms with E-state index in [1.54, 1.807) is 6.08 Å². The second kappa shape index (κ2) is 7.86. The number of hydrogen-bond acceptors (Lipinski definition) is 4. The third-order valence-corrected chi connectivity index (χ3v) is 6.44. The topological polar surface area (TPSA) is 76.7 Å². The quantitative estimate of drug-likeness (QED) is 0.547. The fraction of sp³-hybridized carbons (Fsp3) is 0.250. The smallest absolute Gasteiger partial charge is 0.266 e. The molecule has 1 aromatic heterocycles. The Hall–Kier alpha value is -2.41. The monoisotopic (exact) mass is 425 g/mol. The lowest BCUT2D eigenvalue weighted by Crippen LogP contribution is -2.13. The van der Waals surface area contributed by atoms with Gasteiger partial charge in [-0.05, 0) is 61.4 Å². The maximum atomic E-state index is 12.6. The lowest BCUT2D eigenvalue weighted by Gasteiger charge is -2.09. The third-order valence-electron chi connectivity index (χ3n) is 4.38. The van der Waals surface area contributed by atoms with Crippen LogP contribution in [0.25, 0.3) is 6.08 Å². The fourth-order valence-corrected chi connectivity index (χ4v) is 4.59. The lowest BCUT2D eigenvalue weighted by molar-refractivity contribution is -0.112. The van der Waals surface area contributed by atoms with Crippen molar-refractivity contribution in [3.8, 4) is 12.1 Å². The van der Waals surface area contributed by atoms with Gasteiger partial charge in [0, 0.05) is 9.35 Å². The van der Waals surface area contributed by atoms with Crippen LogP contribution in [0, 0.1) is 29.6 Å². The van der Waals surface area contributed by atoms with Gasteiger partial charge in [0.05, 0.1) is 5.56 Å². The van der Waals surface area contributed by atoms with Crippen LogP contribution in [0.4, 0.5) is 5.00 Å². The minimum absolute atomic E-state index is 0.0102. The highest BCUT2D eigenvalue weighted by molar-refractivity contribution is 9.10. The molecule has 1 aliphatic rings. The molecule has 1 amide bonds. The zero-order chi connectivity index (χ0) is 18.7. The van der Waals surface area contributed by atoms with Crippen LogP contribution < -0.4 is 5.32 Å². The molecule has 0 radical (unpaired) electrons. The van der Waals surface area contributed by atoms with Crippen molar-refractivity contribution in [3.63, 3.8) is 0 Å². The van der Waals surface area contributed by atoms with E-state index in [0.717, 1.165) is 46.8 Å². The summed E-state index contributed by atoms with van der Waals surface area (Å²) in [5.74, 6) is -0.487. The SMILES string of the molecule is Cc1ccc(/C=C(\C#N)C(=O)Nc2sc3c(c2C#N)CCCC3)cc1Br. The molecular formula is C20H16BrN3OS. The summed E-state index contributed by atoms with van der Waals surface area (Å²) < 4.78 is 0.918. The summed E-state index contributed by atoms with van der Waals surface area (Å²) in [5.41, 5.74) is 3.46. The Morgan fingerprint density at radius 1 is 1.31 bits per heavy atom. The minimum atomic E-state index is -0.487. The van der Waals surface area contributed by atoms with Crippen LogP contribution in [0.2, 0.25) is 0 Å². The van der Waals surface area contributed by atoms with Crippen LogP contribution in [0.5, 0.6) is 0 Å². The van der Waals surface area contributed by atoms with Crippen molar-refractivity contribution >= 4 is 44.3 Å². The molecule has 130 valence electrons. The van der Waals surface area contributed by atoms with Crippen LogP contribution >= 0.6 is 27.3 Å². The highest BCUT2D eigenvalue weighted by Crippen LogP contribution is 2.37. The Morgan fingerprint density at radius 3 is 2.77 bits per heavy atom. The number of nitrogens with zero attached hydrogens (tertiary/aromatic N) is 2. The number of nitrogens with one attached hydrogen (secondary N) is 1. The van der Waals surface area contributed by atoms with E-state index in [2.05, 4.69) is 27.3 Å². The third kappa shape index (κ3) is 3.72. The van der Waals surface area contributed by atoms with Crippen LogP contribution in [-0.4, -0.2) is 5.91 Å². The number of carbonyl (C=O) groups is 1. The fourth-order valence-electron chi connectivity index (χ4n) is 2.96. The molecule has 6 heteroatoms. The predicted octanol–water partition coefficient (Wildman–Crippen LogP) is 5.12. The zero-order valence-corrected chi connectivity index (χ0v) is 16.6. The van der Waals surface area contributed by atoms with Crippen LogP contribution in [0.3, 0.4) is 0 Å². The molecule has 0 aliphatic heterocycles. The van der Waals surface area contributed by atoms with Crippen molar-refractivity contribution in [3.05, 3.63) is 55.4 Å². The number of hydrogen-bond donors (Lipinski definition) is 1. The summed E-state index contributed by atoms with van der Waals surface area (Å²) in [7, 11) is 0.